The molecule has 5 nitrogen and oxygen atoms in total. The lowest BCUT2D eigenvalue weighted by atomic mass is 10.1. The number of para-hydroxylation sites is 2. The molecule has 0 saturated carbocycles. The van der Waals surface area contributed by atoms with Crippen molar-refractivity contribution in [2.75, 3.05) is 19.0 Å². The highest BCUT2D eigenvalue weighted by Crippen LogP contribution is 2.29. The average molecular weight is 394 g/mol. The second-order valence-electron chi connectivity index (χ2n) is 5.00. The molecular weight excluding hydrogens is 374 g/mol. The fraction of sp³-hybridized carbons (Fsp3) is 0.278. The number of amides is 1. The molecule has 2 aromatic rings. The Morgan fingerprint density at radius 1 is 1.17 bits per heavy atom. The molecule has 0 spiro atoms. The van der Waals surface area contributed by atoms with Gasteiger partial charge in [0, 0.05) is 10.0 Å². The standard InChI is InChI=1S/C18H20BrNO4/c1-3-11-23-16-10-5-4-8-14(16)18(21)20-17-13(12-24-22-2)7-6-9-15(17)19/h4-10H,3,11-12H2,1-2H3,(H,20,21). The topological polar surface area (TPSA) is 56.8 Å². The molecule has 2 aromatic carbocycles. The van der Waals surface area contributed by atoms with Crippen LogP contribution in [0.2, 0.25) is 0 Å². The predicted molar refractivity (Wildman–Crippen MR) is 96.1 cm³/mol. The first-order valence-corrected chi connectivity index (χ1v) is 8.42. The van der Waals surface area contributed by atoms with E-state index in [2.05, 4.69) is 26.1 Å². The molecule has 1 amide bonds. The molecule has 6 heteroatoms. The van der Waals surface area contributed by atoms with Crippen molar-refractivity contribution >= 4 is 27.5 Å². The van der Waals surface area contributed by atoms with Gasteiger partial charge in [-0.05, 0) is 40.5 Å². The number of nitrogens with one attached hydrogen (secondary N) is 1. The van der Waals surface area contributed by atoms with Crippen molar-refractivity contribution in [3.05, 3.63) is 58.1 Å². The smallest absolute Gasteiger partial charge is 0.259 e. The lowest BCUT2D eigenvalue weighted by Gasteiger charge is -2.14. The zero-order valence-electron chi connectivity index (χ0n) is 13.7. The monoisotopic (exact) mass is 393 g/mol. The minimum atomic E-state index is -0.243. The molecule has 0 fully saturated rings. The molecule has 0 heterocycles. The zero-order chi connectivity index (χ0) is 17.4. The average Bonchev–Trinajstić information content (AvgIpc) is 2.60. The number of carbonyl (C=O) groups excluding carboxylic acids is 1. The normalized spacial score (nSPS) is 10.5. The van der Waals surface area contributed by atoms with Gasteiger partial charge in [-0.2, -0.15) is 0 Å². The Morgan fingerprint density at radius 2 is 1.96 bits per heavy atom. The number of hydrogen-bond donors (Lipinski definition) is 1. The summed E-state index contributed by atoms with van der Waals surface area (Å²) in [6, 6.07) is 12.8. The summed E-state index contributed by atoms with van der Waals surface area (Å²) in [4.78, 5) is 22.3. The molecule has 0 radical (unpaired) electrons. The Balaban J connectivity index is 2.24. The van der Waals surface area contributed by atoms with Crippen LogP contribution in [-0.2, 0) is 16.4 Å². The second kappa shape index (κ2) is 9.42. The van der Waals surface area contributed by atoms with Gasteiger partial charge in [0.25, 0.3) is 5.91 Å². The summed E-state index contributed by atoms with van der Waals surface area (Å²) in [7, 11) is 1.44. The van der Waals surface area contributed by atoms with E-state index < -0.39 is 0 Å². The quantitative estimate of drug-likeness (QED) is 0.527. The molecular formula is C18H20BrNO4. The molecule has 0 aromatic heterocycles. The summed E-state index contributed by atoms with van der Waals surface area (Å²) in [6.45, 7) is 2.80. The van der Waals surface area contributed by atoms with Gasteiger partial charge in [0.05, 0.1) is 25.0 Å². The maximum atomic E-state index is 12.7. The van der Waals surface area contributed by atoms with Gasteiger partial charge < -0.3 is 10.1 Å². The summed E-state index contributed by atoms with van der Waals surface area (Å²) < 4.78 is 6.42. The lowest BCUT2D eigenvalue weighted by molar-refractivity contribution is -0.282. The third kappa shape index (κ3) is 4.80. The summed E-state index contributed by atoms with van der Waals surface area (Å²) in [6.07, 6.45) is 0.874. The van der Waals surface area contributed by atoms with Crippen LogP contribution in [0.4, 0.5) is 5.69 Å². The van der Waals surface area contributed by atoms with Crippen LogP contribution in [0.5, 0.6) is 5.75 Å². The van der Waals surface area contributed by atoms with Crippen molar-refractivity contribution in [3.8, 4) is 5.75 Å². The SMILES string of the molecule is CCCOc1ccccc1C(=O)Nc1c(Br)cccc1COOC. The number of anilines is 1. The fourth-order valence-electron chi connectivity index (χ4n) is 2.12. The number of rotatable bonds is 8. The Morgan fingerprint density at radius 3 is 2.71 bits per heavy atom. The highest BCUT2D eigenvalue weighted by molar-refractivity contribution is 9.10. The first-order chi connectivity index (χ1) is 11.7. The molecule has 24 heavy (non-hydrogen) atoms. The second-order valence-corrected chi connectivity index (χ2v) is 5.86. The Kier molecular flexibility index (Phi) is 7.24. The van der Waals surface area contributed by atoms with Crippen molar-refractivity contribution in [1.29, 1.82) is 0 Å². The zero-order valence-corrected chi connectivity index (χ0v) is 15.3. The molecule has 2 rings (SSSR count). The molecule has 0 aliphatic heterocycles. The van der Waals surface area contributed by atoms with Gasteiger partial charge in [-0.3, -0.25) is 4.79 Å². The Bertz CT molecular complexity index is 690. The summed E-state index contributed by atoms with van der Waals surface area (Å²) in [5, 5.41) is 2.92. The molecule has 0 aliphatic carbocycles. The van der Waals surface area contributed by atoms with E-state index in [0.717, 1.165) is 16.5 Å². The van der Waals surface area contributed by atoms with E-state index in [0.29, 0.717) is 23.6 Å². The Hall–Kier alpha value is -1.89. The maximum absolute atomic E-state index is 12.7. The maximum Gasteiger partial charge on any atom is 0.259 e. The molecule has 0 saturated heterocycles. The van der Waals surface area contributed by atoms with Crippen LogP contribution >= 0.6 is 15.9 Å². The van der Waals surface area contributed by atoms with Crippen LogP contribution in [0.15, 0.2) is 46.9 Å². The summed E-state index contributed by atoms with van der Waals surface area (Å²) >= 11 is 3.46. The van der Waals surface area contributed by atoms with Crippen molar-refractivity contribution in [3.63, 3.8) is 0 Å². The number of ether oxygens (including phenoxy) is 1. The summed E-state index contributed by atoms with van der Waals surface area (Å²) in [5.74, 6) is 0.325. The number of carbonyl (C=O) groups is 1. The van der Waals surface area contributed by atoms with E-state index >= 15 is 0 Å². The molecule has 0 bridgehead atoms. The predicted octanol–water partition coefficient (Wildman–Crippen LogP) is 4.57. The fourth-order valence-corrected chi connectivity index (χ4v) is 2.63. The van der Waals surface area contributed by atoms with Crippen molar-refractivity contribution in [1.82, 2.24) is 0 Å². The molecule has 128 valence electrons. The van der Waals surface area contributed by atoms with Crippen LogP contribution in [-0.4, -0.2) is 19.6 Å². The molecule has 1 N–H and O–H groups in total. The van der Waals surface area contributed by atoms with E-state index in [-0.39, 0.29) is 12.5 Å². The van der Waals surface area contributed by atoms with Crippen LogP contribution in [0, 0.1) is 0 Å². The number of halogens is 1. The van der Waals surface area contributed by atoms with E-state index in [1.165, 1.54) is 7.11 Å². The van der Waals surface area contributed by atoms with E-state index in [4.69, 9.17) is 9.62 Å². The van der Waals surface area contributed by atoms with Gasteiger partial charge in [0.1, 0.15) is 12.4 Å². The van der Waals surface area contributed by atoms with E-state index in [1.54, 1.807) is 12.1 Å². The number of benzene rings is 2. The third-order valence-electron chi connectivity index (χ3n) is 3.26. The minimum Gasteiger partial charge on any atom is -0.493 e. The molecule has 0 unspecified atom stereocenters. The lowest BCUT2D eigenvalue weighted by Crippen LogP contribution is -2.15. The third-order valence-corrected chi connectivity index (χ3v) is 3.92. The van der Waals surface area contributed by atoms with Crippen molar-refractivity contribution in [2.45, 2.75) is 20.0 Å². The van der Waals surface area contributed by atoms with E-state index in [1.807, 2.05) is 37.3 Å². The highest BCUT2D eigenvalue weighted by Gasteiger charge is 2.16. The Labute approximate surface area is 150 Å². The van der Waals surface area contributed by atoms with Gasteiger partial charge in [0.15, 0.2) is 0 Å². The van der Waals surface area contributed by atoms with Crippen molar-refractivity contribution < 1.29 is 19.3 Å². The number of hydrogen-bond acceptors (Lipinski definition) is 4. The van der Waals surface area contributed by atoms with Crippen LogP contribution in [0.25, 0.3) is 0 Å². The highest BCUT2D eigenvalue weighted by atomic mass is 79.9. The minimum absolute atomic E-state index is 0.222. The van der Waals surface area contributed by atoms with Crippen LogP contribution in [0.1, 0.15) is 29.3 Å². The van der Waals surface area contributed by atoms with Crippen LogP contribution < -0.4 is 10.1 Å². The largest absolute Gasteiger partial charge is 0.493 e. The van der Waals surface area contributed by atoms with Gasteiger partial charge in [-0.1, -0.05) is 31.2 Å². The first kappa shape index (κ1) is 18.4. The molecule has 0 atom stereocenters. The van der Waals surface area contributed by atoms with E-state index in [9.17, 15) is 4.79 Å². The molecule has 0 aliphatic rings. The van der Waals surface area contributed by atoms with Gasteiger partial charge in [-0.25, -0.2) is 9.78 Å². The van der Waals surface area contributed by atoms with Gasteiger partial charge in [-0.15, -0.1) is 0 Å². The first-order valence-electron chi connectivity index (χ1n) is 7.63. The summed E-state index contributed by atoms with van der Waals surface area (Å²) in [5.41, 5.74) is 1.93. The van der Waals surface area contributed by atoms with Crippen molar-refractivity contribution in [2.24, 2.45) is 0 Å². The van der Waals surface area contributed by atoms with Gasteiger partial charge in [0.2, 0.25) is 0 Å². The van der Waals surface area contributed by atoms with Gasteiger partial charge >= 0.3 is 0 Å². The van der Waals surface area contributed by atoms with Crippen LogP contribution in [0.3, 0.4) is 0 Å².